The minimum Gasteiger partial charge on any atom is -0.479 e. The summed E-state index contributed by atoms with van der Waals surface area (Å²) in [6.07, 6.45) is 3.13. The van der Waals surface area contributed by atoms with Crippen molar-refractivity contribution in [3.63, 3.8) is 0 Å². The lowest BCUT2D eigenvalue weighted by atomic mass is 10.1. The zero-order valence-corrected chi connectivity index (χ0v) is 7.17. The molecule has 0 aliphatic rings. The van der Waals surface area contributed by atoms with Crippen molar-refractivity contribution in [1.29, 1.82) is 0 Å². The average Bonchev–Trinajstić information content (AvgIpc) is 1.97. The Hall–Kier alpha value is -0.570. The van der Waals surface area contributed by atoms with E-state index in [0.717, 1.165) is 19.3 Å². The molecule has 0 saturated heterocycles. The first kappa shape index (κ1) is 10.4. The summed E-state index contributed by atoms with van der Waals surface area (Å²) >= 11 is 0. The van der Waals surface area contributed by atoms with Gasteiger partial charge in [0.05, 0.1) is 0 Å². The number of rotatable bonds is 6. The van der Waals surface area contributed by atoms with Crippen LogP contribution in [0.25, 0.3) is 0 Å². The number of aliphatic carboxylic acids is 1. The lowest BCUT2D eigenvalue weighted by molar-refractivity contribution is -0.148. The van der Waals surface area contributed by atoms with Crippen LogP contribution in [0.2, 0.25) is 0 Å². The molecule has 1 N–H and O–H groups in total. The number of ether oxygens (including phenoxy) is 1. The van der Waals surface area contributed by atoms with Crippen molar-refractivity contribution < 1.29 is 14.6 Å². The van der Waals surface area contributed by atoms with Crippen LogP contribution in [0.1, 0.15) is 32.6 Å². The summed E-state index contributed by atoms with van der Waals surface area (Å²) in [4.78, 5) is 10.4. The van der Waals surface area contributed by atoms with Gasteiger partial charge in [0.1, 0.15) is 0 Å². The molecule has 0 radical (unpaired) electrons. The van der Waals surface area contributed by atoms with Crippen molar-refractivity contribution in [3.8, 4) is 0 Å². The Kier molecular flexibility index (Phi) is 5.84. The molecule has 0 amide bonds. The van der Waals surface area contributed by atoms with Crippen molar-refractivity contribution in [2.75, 3.05) is 7.11 Å². The van der Waals surface area contributed by atoms with Gasteiger partial charge in [-0.05, 0) is 6.42 Å². The monoisotopic (exact) mass is 160 g/mol. The molecule has 0 saturated carbocycles. The van der Waals surface area contributed by atoms with E-state index in [2.05, 4.69) is 6.92 Å². The van der Waals surface area contributed by atoms with Gasteiger partial charge in [0.2, 0.25) is 0 Å². The molecule has 1 unspecified atom stereocenters. The molecule has 0 heterocycles. The fourth-order valence-electron chi connectivity index (χ4n) is 0.922. The minimum atomic E-state index is -0.858. The highest BCUT2D eigenvalue weighted by Crippen LogP contribution is 2.05. The Morgan fingerprint density at radius 1 is 1.55 bits per heavy atom. The second-order valence-electron chi connectivity index (χ2n) is 2.56. The smallest absolute Gasteiger partial charge is 0.332 e. The number of carboxylic acid groups (broad SMARTS) is 1. The predicted molar refractivity (Wildman–Crippen MR) is 42.6 cm³/mol. The van der Waals surface area contributed by atoms with E-state index in [4.69, 9.17) is 9.84 Å². The lowest BCUT2D eigenvalue weighted by Gasteiger charge is -2.08. The molecular weight excluding hydrogens is 144 g/mol. The molecule has 3 heteroatoms. The van der Waals surface area contributed by atoms with E-state index < -0.39 is 12.1 Å². The number of unbranched alkanes of at least 4 members (excludes halogenated alkanes) is 2. The number of carbonyl (C=O) groups is 1. The van der Waals surface area contributed by atoms with Gasteiger partial charge in [-0.15, -0.1) is 0 Å². The molecule has 11 heavy (non-hydrogen) atoms. The summed E-state index contributed by atoms with van der Waals surface area (Å²) in [5.41, 5.74) is 0. The summed E-state index contributed by atoms with van der Waals surface area (Å²) in [5, 5.41) is 8.55. The van der Waals surface area contributed by atoms with E-state index in [1.807, 2.05) is 0 Å². The van der Waals surface area contributed by atoms with Gasteiger partial charge >= 0.3 is 5.97 Å². The predicted octanol–water partition coefficient (Wildman–Crippen LogP) is 1.67. The zero-order valence-electron chi connectivity index (χ0n) is 7.17. The fraction of sp³-hybridized carbons (Fsp3) is 0.875. The van der Waals surface area contributed by atoms with Gasteiger partial charge in [0.15, 0.2) is 6.10 Å². The average molecular weight is 160 g/mol. The van der Waals surface area contributed by atoms with E-state index in [-0.39, 0.29) is 0 Å². The number of hydrogen-bond acceptors (Lipinski definition) is 2. The molecule has 0 aromatic rings. The topological polar surface area (TPSA) is 46.5 Å². The number of methoxy groups -OCH3 is 1. The van der Waals surface area contributed by atoms with E-state index in [1.54, 1.807) is 0 Å². The summed E-state index contributed by atoms with van der Waals surface area (Å²) < 4.78 is 4.76. The van der Waals surface area contributed by atoms with Gasteiger partial charge < -0.3 is 9.84 Å². The Balaban J connectivity index is 3.44. The van der Waals surface area contributed by atoms with Crippen molar-refractivity contribution in [1.82, 2.24) is 0 Å². The van der Waals surface area contributed by atoms with Crippen LogP contribution in [0, 0.1) is 0 Å². The third-order valence-electron chi connectivity index (χ3n) is 1.63. The van der Waals surface area contributed by atoms with Crippen molar-refractivity contribution in [2.45, 2.75) is 38.7 Å². The summed E-state index contributed by atoms with van der Waals surface area (Å²) in [6.45, 7) is 2.09. The molecule has 0 aliphatic heterocycles. The molecule has 1 atom stereocenters. The maximum absolute atomic E-state index is 10.4. The van der Waals surface area contributed by atoms with Gasteiger partial charge in [-0.2, -0.15) is 0 Å². The van der Waals surface area contributed by atoms with Crippen LogP contribution in [0.4, 0.5) is 0 Å². The van der Waals surface area contributed by atoms with Crippen LogP contribution < -0.4 is 0 Å². The Morgan fingerprint density at radius 2 is 2.18 bits per heavy atom. The lowest BCUT2D eigenvalue weighted by Crippen LogP contribution is -2.21. The molecule has 0 rings (SSSR count). The number of carboxylic acids is 1. The van der Waals surface area contributed by atoms with Crippen LogP contribution >= 0.6 is 0 Å². The van der Waals surface area contributed by atoms with E-state index in [9.17, 15) is 4.79 Å². The standard InChI is InChI=1S/C8H16O3/c1-3-4-5-6-7(11-2)8(9)10/h7H,3-6H2,1-2H3,(H,9,10). The summed E-state index contributed by atoms with van der Waals surface area (Å²) in [6, 6.07) is 0. The molecule has 3 nitrogen and oxygen atoms in total. The Morgan fingerprint density at radius 3 is 2.55 bits per heavy atom. The first-order valence-corrected chi connectivity index (χ1v) is 3.98. The summed E-state index contributed by atoms with van der Waals surface area (Å²) in [7, 11) is 1.44. The molecule has 0 aromatic heterocycles. The third-order valence-corrected chi connectivity index (χ3v) is 1.63. The zero-order chi connectivity index (χ0) is 8.69. The molecule has 0 fully saturated rings. The van der Waals surface area contributed by atoms with Crippen LogP contribution in [0.3, 0.4) is 0 Å². The summed E-state index contributed by atoms with van der Waals surface area (Å²) in [5.74, 6) is -0.858. The molecule has 0 bridgehead atoms. The quantitative estimate of drug-likeness (QED) is 0.601. The normalized spacial score (nSPS) is 12.9. The highest BCUT2D eigenvalue weighted by molar-refractivity contribution is 5.72. The fourth-order valence-corrected chi connectivity index (χ4v) is 0.922. The second kappa shape index (κ2) is 6.16. The Labute approximate surface area is 67.4 Å². The van der Waals surface area contributed by atoms with Crippen molar-refractivity contribution in [3.05, 3.63) is 0 Å². The van der Waals surface area contributed by atoms with Crippen molar-refractivity contribution in [2.24, 2.45) is 0 Å². The largest absolute Gasteiger partial charge is 0.479 e. The van der Waals surface area contributed by atoms with Gasteiger partial charge in [-0.25, -0.2) is 4.79 Å². The first-order chi connectivity index (χ1) is 5.22. The second-order valence-corrected chi connectivity index (χ2v) is 2.56. The van der Waals surface area contributed by atoms with E-state index >= 15 is 0 Å². The van der Waals surface area contributed by atoms with Crippen LogP contribution in [-0.4, -0.2) is 24.3 Å². The van der Waals surface area contributed by atoms with Gasteiger partial charge in [0.25, 0.3) is 0 Å². The van der Waals surface area contributed by atoms with Crippen LogP contribution in [-0.2, 0) is 9.53 Å². The van der Waals surface area contributed by atoms with Crippen LogP contribution in [0.15, 0.2) is 0 Å². The molecule has 66 valence electrons. The highest BCUT2D eigenvalue weighted by atomic mass is 16.5. The van der Waals surface area contributed by atoms with Crippen molar-refractivity contribution >= 4 is 5.97 Å². The maximum Gasteiger partial charge on any atom is 0.332 e. The Bertz CT molecular complexity index is 112. The highest BCUT2D eigenvalue weighted by Gasteiger charge is 2.14. The first-order valence-electron chi connectivity index (χ1n) is 3.98. The van der Waals surface area contributed by atoms with Gasteiger partial charge in [0, 0.05) is 7.11 Å². The third kappa shape index (κ3) is 4.79. The maximum atomic E-state index is 10.4. The number of hydrogen-bond donors (Lipinski definition) is 1. The van der Waals surface area contributed by atoms with E-state index in [1.165, 1.54) is 7.11 Å². The minimum absolute atomic E-state index is 0.610. The molecule has 0 aliphatic carbocycles. The SMILES string of the molecule is CCCCCC(OC)C(=O)O. The molecular formula is C8H16O3. The van der Waals surface area contributed by atoms with Crippen LogP contribution in [0.5, 0.6) is 0 Å². The van der Waals surface area contributed by atoms with Gasteiger partial charge in [-0.1, -0.05) is 26.2 Å². The van der Waals surface area contributed by atoms with E-state index in [0.29, 0.717) is 6.42 Å². The van der Waals surface area contributed by atoms with Gasteiger partial charge in [-0.3, -0.25) is 0 Å². The molecule has 0 spiro atoms. The molecule has 0 aromatic carbocycles.